The van der Waals surface area contributed by atoms with Crippen molar-refractivity contribution in [3.05, 3.63) is 131 Å². The van der Waals surface area contributed by atoms with Crippen LogP contribution in [0.5, 0.6) is 0 Å². The van der Waals surface area contributed by atoms with Crippen molar-refractivity contribution >= 4 is 93.6 Å². The molecular formula is C43H30Cl2O. The van der Waals surface area contributed by atoms with Gasteiger partial charge in [0.05, 0.1) is 0 Å². The van der Waals surface area contributed by atoms with Crippen molar-refractivity contribution in [2.75, 3.05) is 11.8 Å². The molecule has 0 unspecified atom stereocenters. The maximum absolute atomic E-state index is 15.1. The average Bonchev–Trinajstić information content (AvgIpc) is 3.42. The third kappa shape index (κ3) is 3.86. The molecule has 46 heavy (non-hydrogen) atoms. The Morgan fingerprint density at radius 2 is 0.696 bits per heavy atom. The number of benzene rings is 8. The zero-order valence-electron chi connectivity index (χ0n) is 25.3. The highest BCUT2D eigenvalue weighted by molar-refractivity contribution is 6.40. The van der Waals surface area contributed by atoms with Gasteiger partial charge in [-0.3, -0.25) is 4.79 Å². The van der Waals surface area contributed by atoms with Crippen LogP contribution in [0, 0.1) is 0 Å². The van der Waals surface area contributed by atoms with Crippen LogP contribution >= 0.6 is 23.2 Å². The van der Waals surface area contributed by atoms with Crippen molar-refractivity contribution in [1.82, 2.24) is 0 Å². The highest BCUT2D eigenvalue weighted by Crippen LogP contribution is 2.53. The van der Waals surface area contributed by atoms with E-state index in [2.05, 4.69) is 109 Å². The van der Waals surface area contributed by atoms with Crippen molar-refractivity contribution < 1.29 is 4.79 Å². The van der Waals surface area contributed by atoms with E-state index in [9.17, 15) is 0 Å². The molecule has 222 valence electrons. The summed E-state index contributed by atoms with van der Waals surface area (Å²) < 4.78 is 0. The summed E-state index contributed by atoms with van der Waals surface area (Å²) in [6, 6.07) is 39.4. The summed E-state index contributed by atoms with van der Waals surface area (Å²) in [5.74, 6) is 1.23. The Morgan fingerprint density at radius 1 is 0.391 bits per heavy atom. The lowest BCUT2D eigenvalue weighted by Gasteiger charge is -2.19. The van der Waals surface area contributed by atoms with Crippen molar-refractivity contribution in [2.45, 2.75) is 25.7 Å². The Balaban J connectivity index is 1.59. The van der Waals surface area contributed by atoms with Crippen molar-refractivity contribution in [1.29, 1.82) is 0 Å². The molecule has 0 N–H and O–H groups in total. The molecule has 1 nitrogen and oxygen atoms in total. The third-order valence-corrected chi connectivity index (χ3v) is 10.6. The summed E-state index contributed by atoms with van der Waals surface area (Å²) in [4.78, 5) is 15.1. The van der Waals surface area contributed by atoms with E-state index < -0.39 is 0 Å². The highest BCUT2D eigenvalue weighted by Gasteiger charge is 2.36. The van der Waals surface area contributed by atoms with Gasteiger partial charge in [-0.15, -0.1) is 23.2 Å². The first-order chi connectivity index (χ1) is 22.7. The van der Waals surface area contributed by atoms with Crippen molar-refractivity contribution in [3.63, 3.8) is 0 Å². The fourth-order valence-electron chi connectivity index (χ4n) is 8.29. The zero-order chi connectivity index (χ0) is 30.9. The lowest BCUT2D eigenvalue weighted by atomic mass is 9.83. The topological polar surface area (TPSA) is 17.1 Å². The van der Waals surface area contributed by atoms with Gasteiger partial charge in [0.25, 0.3) is 0 Å². The maximum Gasteiger partial charge on any atom is 0.194 e. The first kappa shape index (κ1) is 27.8. The summed E-state index contributed by atoms with van der Waals surface area (Å²) in [7, 11) is 0. The van der Waals surface area contributed by atoms with Crippen LogP contribution in [0.4, 0.5) is 0 Å². The molecule has 8 aromatic carbocycles. The Labute approximate surface area is 277 Å². The minimum atomic E-state index is 0.137. The first-order valence-corrected chi connectivity index (χ1v) is 17.2. The van der Waals surface area contributed by atoms with Gasteiger partial charge in [0, 0.05) is 34.0 Å². The number of alkyl halides is 2. The number of hydrogen-bond acceptors (Lipinski definition) is 1. The molecule has 0 saturated carbocycles. The average molecular weight is 634 g/mol. The Morgan fingerprint density at radius 3 is 1.04 bits per heavy atom. The molecule has 1 aliphatic carbocycles. The molecule has 8 aromatic rings. The van der Waals surface area contributed by atoms with Gasteiger partial charge in [-0.2, -0.15) is 0 Å². The fraction of sp³-hybridized carbons (Fsp3) is 0.140. The molecule has 0 aliphatic heterocycles. The Kier molecular flexibility index (Phi) is 6.56. The van der Waals surface area contributed by atoms with Crippen LogP contribution in [0.1, 0.15) is 39.9 Å². The van der Waals surface area contributed by atoms with Crippen LogP contribution in [0.25, 0.3) is 75.8 Å². The van der Waals surface area contributed by atoms with Crippen LogP contribution in [-0.2, 0) is 12.8 Å². The van der Waals surface area contributed by atoms with Crippen LogP contribution in [0.15, 0.2) is 109 Å². The molecule has 0 heterocycles. The molecule has 0 atom stereocenters. The minimum absolute atomic E-state index is 0.137. The molecule has 3 heteroatoms. The maximum atomic E-state index is 15.1. The summed E-state index contributed by atoms with van der Waals surface area (Å²) in [6.45, 7) is 0. The van der Waals surface area contributed by atoms with Gasteiger partial charge in [0.1, 0.15) is 0 Å². The van der Waals surface area contributed by atoms with Crippen LogP contribution in [-0.4, -0.2) is 17.5 Å². The SMILES string of the molecule is O=C1c2c(CCCCl)cc3c4ccccc4c4ccccc4c3c2-c2c1c(CCCCl)cc1c3ccccc3c3ccccc3c21. The zero-order valence-corrected chi connectivity index (χ0v) is 26.8. The number of carbonyl (C=O) groups is 1. The van der Waals surface area contributed by atoms with Gasteiger partial charge in [0.2, 0.25) is 0 Å². The van der Waals surface area contributed by atoms with Gasteiger partial charge in [-0.05, 0) is 114 Å². The van der Waals surface area contributed by atoms with Crippen LogP contribution < -0.4 is 0 Å². The second-order valence-electron chi connectivity index (χ2n) is 12.5. The Hall–Kier alpha value is -4.43. The molecule has 0 radical (unpaired) electrons. The van der Waals surface area contributed by atoms with Crippen LogP contribution in [0.2, 0.25) is 0 Å². The number of aryl methyl sites for hydroxylation is 2. The summed E-state index contributed by atoms with van der Waals surface area (Å²) >= 11 is 12.6. The standard InChI is InChI=1S/C43H30Cl2O/c44-21-9-11-25-23-35-31-17-3-1-13-27(31)29-15-5-7-19-33(29)39(35)41-37(25)43(46)38-26(12-10-22-45)24-36-32-18-4-2-14-28(32)30-16-6-8-20-34(30)40(36)42(38)41/h1-8,13-20,23-24H,9-12,21-22H2. The quantitative estimate of drug-likeness (QED) is 0.132. The van der Waals surface area contributed by atoms with Gasteiger partial charge in [-0.1, -0.05) is 97.1 Å². The lowest BCUT2D eigenvalue weighted by Crippen LogP contribution is -2.05. The normalized spacial score (nSPS) is 12.7. The molecule has 0 saturated heterocycles. The van der Waals surface area contributed by atoms with Gasteiger partial charge < -0.3 is 0 Å². The van der Waals surface area contributed by atoms with E-state index in [4.69, 9.17) is 23.2 Å². The van der Waals surface area contributed by atoms with E-state index in [1.807, 2.05) is 0 Å². The van der Waals surface area contributed by atoms with E-state index in [0.717, 1.165) is 59.1 Å². The van der Waals surface area contributed by atoms with E-state index >= 15 is 4.79 Å². The predicted molar refractivity (Wildman–Crippen MR) is 198 cm³/mol. The van der Waals surface area contributed by atoms with E-state index in [0.29, 0.717) is 11.8 Å². The molecule has 9 rings (SSSR count). The largest absolute Gasteiger partial charge is 0.289 e. The molecule has 0 spiro atoms. The summed E-state index contributed by atoms with van der Waals surface area (Å²) in [5.41, 5.74) is 6.05. The first-order valence-electron chi connectivity index (χ1n) is 16.2. The van der Waals surface area contributed by atoms with Gasteiger partial charge >= 0.3 is 0 Å². The monoisotopic (exact) mass is 632 g/mol. The van der Waals surface area contributed by atoms with Crippen molar-refractivity contribution in [3.8, 4) is 11.1 Å². The Bertz CT molecular complexity index is 2400. The lowest BCUT2D eigenvalue weighted by molar-refractivity contribution is 0.104. The predicted octanol–water partition coefficient (Wildman–Crippen LogP) is 12.2. The number of ketones is 1. The van der Waals surface area contributed by atoms with Gasteiger partial charge in [-0.25, -0.2) is 0 Å². The van der Waals surface area contributed by atoms with E-state index in [-0.39, 0.29) is 5.78 Å². The van der Waals surface area contributed by atoms with Gasteiger partial charge in [0.15, 0.2) is 5.78 Å². The van der Waals surface area contributed by atoms with E-state index in [1.54, 1.807) is 0 Å². The fourth-order valence-corrected chi connectivity index (χ4v) is 8.56. The molecule has 0 fully saturated rings. The molecule has 1 aliphatic rings. The highest BCUT2D eigenvalue weighted by atomic mass is 35.5. The number of hydrogen-bond donors (Lipinski definition) is 0. The molecule has 0 bridgehead atoms. The summed E-state index contributed by atoms with van der Waals surface area (Å²) in [6.07, 6.45) is 3.12. The number of rotatable bonds is 6. The third-order valence-electron chi connectivity index (χ3n) is 10.1. The number of carbonyl (C=O) groups excluding carboxylic acids is 1. The second-order valence-corrected chi connectivity index (χ2v) is 13.3. The van der Waals surface area contributed by atoms with Crippen LogP contribution in [0.3, 0.4) is 0 Å². The van der Waals surface area contributed by atoms with E-state index in [1.165, 1.54) is 64.6 Å². The molecular weight excluding hydrogens is 603 g/mol. The second kappa shape index (κ2) is 10.8. The smallest absolute Gasteiger partial charge is 0.194 e. The number of fused-ring (bicyclic) bond motifs is 17. The molecule has 0 amide bonds. The summed E-state index contributed by atoms with van der Waals surface area (Å²) in [5, 5.41) is 14.4. The molecule has 0 aromatic heterocycles. The number of halogens is 2. The van der Waals surface area contributed by atoms with Crippen molar-refractivity contribution in [2.24, 2.45) is 0 Å². The minimum Gasteiger partial charge on any atom is -0.289 e.